The molecule has 0 aromatic heterocycles. The van der Waals surface area contributed by atoms with Crippen LogP contribution in [0.4, 0.5) is 0 Å². The van der Waals surface area contributed by atoms with Crippen molar-refractivity contribution < 1.29 is 124 Å². The first-order chi connectivity index (χ1) is 66.6. The van der Waals surface area contributed by atoms with Gasteiger partial charge in [-0.25, -0.2) is 9.59 Å². The molecule has 34 nitrogen and oxygen atoms in total. The van der Waals surface area contributed by atoms with Crippen LogP contribution in [-0.2, 0) is 135 Å². The standard InChI is InChI=1S/C53H75ClN4O13.C50H71ClN4O13/c1-8-24-68-47(60)18-25-65-27-29-67-30-28-66-26-23-57-19-21-58(22-20-57)34-38-12-15-40(16-13-38)49-48(71-49)37(4)43-10-9-11-46(59)56-42(33-39-14-17-44(64-7)41(54)32-39)50(61)55-35-53(5,6)52(63)70-45(31-36(2)3)51(62)69-43;1-33(2)28-42-48(60)66-40(8-7-9-43(56)53-39(30-36-12-15-41(62-6)38(51)29-36)47(59)52-32-50(4,5)49(61)67-42)34(3)45-46(68-45)37-13-10-35(11-14-37)31-55-19-17-54(18-20-55)21-23-64-25-27-65-26-24-63-22-16-44(57)58/h8-9,11-17,32,36-37,42-43,45,48-49H,1,10,18-31,33-35H2,2-7H3,(H,55,61)(H,56,59);7,9-15,29,33-34,39-40,42,45-46H,8,16-28,30-32H2,1-6H3,(H,52,59)(H,53,56)(H,57,58)/b11-9+;9-7+/t37-,42+,43-,45-,48+,49+;34-,39+,40-,42-,45+,46+/m00/s1. The van der Waals surface area contributed by atoms with Gasteiger partial charge in [0.2, 0.25) is 23.6 Å². The van der Waals surface area contributed by atoms with Crippen LogP contribution in [0.2, 0.25) is 10.0 Å². The van der Waals surface area contributed by atoms with Crippen molar-refractivity contribution in [1.29, 1.82) is 0 Å². The fraction of sp³-hybridized carbons (Fsp3) is 0.612. The molecule has 12 atom stereocenters. The molecule has 36 heteroatoms. The fourth-order valence-corrected chi connectivity index (χ4v) is 16.7. The van der Waals surface area contributed by atoms with Crippen LogP contribution >= 0.6 is 23.2 Å². The summed E-state index contributed by atoms with van der Waals surface area (Å²) < 4.78 is 85.2. The second-order valence-electron chi connectivity index (χ2n) is 38.0. The van der Waals surface area contributed by atoms with Gasteiger partial charge < -0.3 is 97.4 Å². The Kier molecular flexibility index (Phi) is 47.3. The molecule has 6 aliphatic rings. The smallest absolute Gasteiger partial charge is 0.347 e. The van der Waals surface area contributed by atoms with Crippen molar-refractivity contribution in [3.8, 4) is 11.5 Å². The minimum atomic E-state index is -1.23. The maximum atomic E-state index is 13.9. The highest BCUT2D eigenvalue weighted by atomic mass is 35.5. The van der Waals surface area contributed by atoms with E-state index in [2.05, 4.69) is 96.0 Å². The Labute approximate surface area is 827 Å². The van der Waals surface area contributed by atoms with E-state index in [-0.39, 0.29) is 132 Å². The van der Waals surface area contributed by atoms with Crippen molar-refractivity contribution in [2.45, 2.75) is 195 Å². The summed E-state index contributed by atoms with van der Waals surface area (Å²) >= 11 is 12.8. The summed E-state index contributed by atoms with van der Waals surface area (Å²) in [6.45, 7) is 37.8. The van der Waals surface area contributed by atoms with Crippen LogP contribution in [0.5, 0.6) is 11.5 Å². The predicted octanol–water partition coefficient (Wildman–Crippen LogP) is 10.2. The number of benzene rings is 4. The van der Waals surface area contributed by atoms with Gasteiger partial charge in [0.15, 0.2) is 12.2 Å². The minimum Gasteiger partial charge on any atom is -0.495 e. The van der Waals surface area contributed by atoms with E-state index in [1.807, 2.05) is 41.5 Å². The number of carbonyl (C=O) groups is 10. The summed E-state index contributed by atoms with van der Waals surface area (Å²) in [7, 11) is 3.01. The van der Waals surface area contributed by atoms with Crippen LogP contribution in [0.15, 0.2) is 122 Å². The van der Waals surface area contributed by atoms with E-state index in [4.69, 9.17) is 99.4 Å². The first-order valence-electron chi connectivity index (χ1n) is 48.4. The predicted molar refractivity (Wildman–Crippen MR) is 520 cm³/mol. The number of methoxy groups -OCH3 is 2. The molecule has 0 saturated carbocycles. The van der Waals surface area contributed by atoms with Crippen LogP contribution < -0.4 is 30.7 Å². The Balaban J connectivity index is 0.000000311. The molecule has 4 saturated heterocycles. The van der Waals surface area contributed by atoms with Crippen molar-refractivity contribution in [3.63, 3.8) is 0 Å². The van der Waals surface area contributed by atoms with Gasteiger partial charge in [-0.05, 0) is 122 Å². The molecular weight excluding hydrogens is 1840 g/mol. The number of halogens is 2. The van der Waals surface area contributed by atoms with Gasteiger partial charge in [-0.1, -0.05) is 150 Å². The van der Waals surface area contributed by atoms with Gasteiger partial charge in [0.1, 0.15) is 54.6 Å². The molecule has 10 rings (SSSR count). The lowest BCUT2D eigenvalue weighted by molar-refractivity contribution is -0.179. The molecule has 4 amide bonds. The van der Waals surface area contributed by atoms with Gasteiger partial charge in [0.05, 0.1) is 139 Å². The van der Waals surface area contributed by atoms with Crippen LogP contribution in [0, 0.1) is 34.5 Å². The van der Waals surface area contributed by atoms with Crippen LogP contribution in [0.3, 0.4) is 0 Å². The summed E-state index contributed by atoms with van der Waals surface area (Å²) in [5, 5.41) is 20.5. The maximum Gasteiger partial charge on any atom is 0.347 e. The molecule has 6 aliphatic heterocycles. The number of ether oxygens (including phenoxy) is 15. The number of esters is 5. The molecule has 4 fully saturated rings. The van der Waals surface area contributed by atoms with Gasteiger partial charge in [0.25, 0.3) is 0 Å². The van der Waals surface area contributed by atoms with Crippen molar-refractivity contribution in [2.75, 3.05) is 179 Å². The number of hydrogen-bond acceptors (Lipinski definition) is 29. The second-order valence-corrected chi connectivity index (χ2v) is 38.8. The Morgan fingerprint density at radius 3 is 1.19 bits per heavy atom. The molecule has 0 spiro atoms. The highest BCUT2D eigenvalue weighted by Gasteiger charge is 2.50. The zero-order valence-corrected chi connectivity index (χ0v) is 84.2. The minimum absolute atomic E-state index is 0.00836. The number of hydrogen-bond donors (Lipinski definition) is 5. The van der Waals surface area contributed by atoms with E-state index in [0.717, 1.165) is 89.7 Å². The van der Waals surface area contributed by atoms with E-state index in [9.17, 15) is 47.9 Å². The topological polar surface area (TPSA) is 397 Å². The van der Waals surface area contributed by atoms with E-state index in [1.54, 1.807) is 76.2 Å². The van der Waals surface area contributed by atoms with Gasteiger partial charge >= 0.3 is 35.8 Å². The lowest BCUT2D eigenvalue weighted by Crippen LogP contribution is -2.51. The quantitative estimate of drug-likeness (QED) is 0.00902. The van der Waals surface area contributed by atoms with E-state index < -0.39 is 101 Å². The van der Waals surface area contributed by atoms with Gasteiger partial charge in [0, 0.05) is 129 Å². The molecule has 768 valence electrons. The number of piperazine rings is 2. The monoisotopic (exact) mass is 1980 g/mol. The molecule has 0 unspecified atom stereocenters. The zero-order valence-electron chi connectivity index (χ0n) is 82.7. The molecule has 5 N–H and O–H groups in total. The summed E-state index contributed by atoms with van der Waals surface area (Å²) in [4.78, 5) is 141. The normalized spacial score (nSPS) is 23.8. The fourth-order valence-electron chi connectivity index (χ4n) is 16.1. The zero-order chi connectivity index (χ0) is 101. The third kappa shape index (κ3) is 39.4. The number of carboxylic acids is 1. The molecule has 139 heavy (non-hydrogen) atoms. The lowest BCUT2D eigenvalue weighted by atomic mass is 9.92. The summed E-state index contributed by atoms with van der Waals surface area (Å²) in [6.07, 6.45) is 3.82. The SMILES string of the molecule is C=CCOC(=O)CCOCCOCCOCCN1CCN(Cc2ccc([C@H]3O[C@@H]3[C@@H](C)[C@@H]3C/C=C/C(=O)N[C@H](Cc4ccc(OC)c(Cl)c4)C(=O)NCC(C)(C)C(=O)O[C@@H](CC(C)C)C(=O)O3)cc2)CC1.COc1ccc(C[C@H]2NC(=O)/C=C/C[C@@H]([C@H](C)[C@H]3O[C@@H]3c3ccc(CN4CCN(CCOCCOCCOCCC(=O)O)CC4)cc3)OC(=O)[C@H](CC(C)C)OC(=O)C(C)(C)CNC2=O)cc1Cl. The Hall–Kier alpha value is -9.50. The molecule has 4 aromatic rings. The van der Waals surface area contributed by atoms with Crippen molar-refractivity contribution >= 4 is 82.6 Å². The van der Waals surface area contributed by atoms with Gasteiger partial charge in [-0.2, -0.15) is 0 Å². The summed E-state index contributed by atoms with van der Waals surface area (Å²) in [6, 6.07) is 25.1. The number of amides is 4. The number of nitrogens with one attached hydrogen (secondary N) is 4. The third-order valence-electron chi connectivity index (χ3n) is 24.8. The second kappa shape index (κ2) is 58.2. The average molecular weight is 1980 g/mol. The molecular formula is C103H146Cl2N8O26. The van der Waals surface area contributed by atoms with Crippen LogP contribution in [0.1, 0.15) is 153 Å². The highest BCUT2D eigenvalue weighted by molar-refractivity contribution is 6.32. The van der Waals surface area contributed by atoms with Crippen molar-refractivity contribution in [3.05, 3.63) is 165 Å². The summed E-state index contributed by atoms with van der Waals surface area (Å²) in [5.41, 5.74) is 3.33. The number of carboxylic acid groups (broad SMARTS) is 1. The highest BCUT2D eigenvalue weighted by Crippen LogP contribution is 2.47. The number of cyclic esters (lactones) is 4. The molecule has 4 aromatic carbocycles. The van der Waals surface area contributed by atoms with Crippen molar-refractivity contribution in [1.82, 2.24) is 40.9 Å². The molecule has 0 radical (unpaired) electrons. The first-order valence-corrected chi connectivity index (χ1v) is 49.1. The van der Waals surface area contributed by atoms with Crippen LogP contribution in [0.25, 0.3) is 0 Å². The summed E-state index contributed by atoms with van der Waals surface area (Å²) in [5.74, 6) is -5.62. The van der Waals surface area contributed by atoms with Crippen LogP contribution in [-0.4, -0.2) is 312 Å². The lowest BCUT2D eigenvalue weighted by Gasteiger charge is -2.34. The largest absolute Gasteiger partial charge is 0.495 e. The Bertz CT molecular complexity index is 4640. The number of aliphatic carboxylic acids is 1. The van der Waals surface area contributed by atoms with E-state index in [0.29, 0.717) is 105 Å². The maximum absolute atomic E-state index is 13.9. The molecule has 0 bridgehead atoms. The molecule has 0 aliphatic carbocycles. The van der Waals surface area contributed by atoms with E-state index >= 15 is 0 Å². The van der Waals surface area contributed by atoms with Gasteiger partial charge in [-0.3, -0.25) is 58.0 Å². The Morgan fingerprint density at radius 2 is 0.835 bits per heavy atom. The average Bonchev–Trinajstić information content (AvgIpc) is 1.63. The molecule has 6 heterocycles. The first kappa shape index (κ1) is 113. The van der Waals surface area contributed by atoms with Crippen molar-refractivity contribution in [2.24, 2.45) is 34.5 Å². The Morgan fingerprint density at radius 1 is 0.482 bits per heavy atom. The number of rotatable bonds is 46. The van der Waals surface area contributed by atoms with Gasteiger partial charge in [-0.15, -0.1) is 0 Å². The van der Waals surface area contributed by atoms with E-state index in [1.165, 1.54) is 43.6 Å². The number of nitrogens with zero attached hydrogens (tertiary/aromatic N) is 4. The number of epoxide rings is 2. The third-order valence-corrected chi connectivity index (χ3v) is 25.4. The number of carbonyl (C=O) groups excluding carboxylic acids is 9.